The maximum Gasteiger partial charge on any atom is 0.136 e. The van der Waals surface area contributed by atoms with Crippen molar-refractivity contribution in [2.45, 2.75) is 64.5 Å². The lowest BCUT2D eigenvalue weighted by atomic mass is 9.95. The van der Waals surface area contributed by atoms with Gasteiger partial charge in [-0.3, -0.25) is 4.90 Å². The van der Waals surface area contributed by atoms with Crippen LogP contribution in [0.1, 0.15) is 49.7 Å². The third kappa shape index (κ3) is 2.33. The molecule has 2 aliphatic heterocycles. The summed E-state index contributed by atoms with van der Waals surface area (Å²) in [6.07, 6.45) is 7.62. The first kappa shape index (κ1) is 13.5. The largest absolute Gasteiger partial charge is 0.351 e. The normalized spacial score (nSPS) is 29.3. The molecule has 1 aromatic rings. The molecule has 2 saturated heterocycles. The van der Waals surface area contributed by atoms with Gasteiger partial charge in [0.1, 0.15) is 11.6 Å². The molecule has 2 fully saturated rings. The van der Waals surface area contributed by atoms with Crippen LogP contribution in [-0.4, -0.2) is 46.6 Å². The van der Waals surface area contributed by atoms with E-state index in [1.54, 1.807) is 0 Å². The van der Waals surface area contributed by atoms with Gasteiger partial charge in [-0.15, -0.1) is 0 Å². The summed E-state index contributed by atoms with van der Waals surface area (Å²) in [5.74, 6) is 2.21. The number of hydrogen-bond acceptors (Lipinski definition) is 4. The maximum absolute atomic E-state index is 4.87. The van der Waals surface area contributed by atoms with Gasteiger partial charge in [0.05, 0.1) is 0 Å². The van der Waals surface area contributed by atoms with E-state index in [4.69, 9.17) is 9.97 Å². The van der Waals surface area contributed by atoms with E-state index >= 15 is 0 Å². The van der Waals surface area contributed by atoms with Gasteiger partial charge >= 0.3 is 0 Å². The smallest absolute Gasteiger partial charge is 0.136 e. The summed E-state index contributed by atoms with van der Waals surface area (Å²) < 4.78 is 0. The average Bonchev–Trinajstić information content (AvgIpc) is 2.92. The van der Waals surface area contributed by atoms with Crippen molar-refractivity contribution >= 4 is 5.82 Å². The van der Waals surface area contributed by atoms with Crippen LogP contribution in [0.15, 0.2) is 0 Å². The molecule has 114 valence electrons. The SMILES string of the molecule is Cc1nc2c(c(N3CC4CCCN4CC3C)n1)CCCC2. The van der Waals surface area contributed by atoms with Crippen LogP contribution in [-0.2, 0) is 12.8 Å². The third-order valence-electron chi connectivity index (χ3n) is 5.48. The first-order valence-corrected chi connectivity index (χ1v) is 8.59. The Morgan fingerprint density at radius 3 is 2.81 bits per heavy atom. The quantitative estimate of drug-likeness (QED) is 0.793. The van der Waals surface area contributed by atoms with Gasteiger partial charge in [0.2, 0.25) is 0 Å². The summed E-state index contributed by atoms with van der Waals surface area (Å²) in [5.41, 5.74) is 2.77. The lowest BCUT2D eigenvalue weighted by Crippen LogP contribution is -2.55. The summed E-state index contributed by atoms with van der Waals surface area (Å²) >= 11 is 0. The first-order valence-electron chi connectivity index (χ1n) is 8.59. The highest BCUT2D eigenvalue weighted by molar-refractivity contribution is 5.52. The Labute approximate surface area is 127 Å². The number of anilines is 1. The zero-order chi connectivity index (χ0) is 14.4. The van der Waals surface area contributed by atoms with Crippen molar-refractivity contribution < 1.29 is 0 Å². The van der Waals surface area contributed by atoms with Gasteiger partial charge in [-0.1, -0.05) is 0 Å². The zero-order valence-electron chi connectivity index (χ0n) is 13.3. The molecule has 0 saturated carbocycles. The molecule has 4 heteroatoms. The molecule has 0 N–H and O–H groups in total. The van der Waals surface area contributed by atoms with E-state index in [0.29, 0.717) is 6.04 Å². The van der Waals surface area contributed by atoms with Crippen LogP contribution < -0.4 is 4.90 Å². The second-order valence-corrected chi connectivity index (χ2v) is 7.02. The topological polar surface area (TPSA) is 32.3 Å². The predicted octanol–water partition coefficient (Wildman–Crippen LogP) is 2.34. The molecule has 0 bridgehead atoms. The molecule has 3 aliphatic rings. The predicted molar refractivity (Wildman–Crippen MR) is 84.8 cm³/mol. The van der Waals surface area contributed by atoms with Crippen LogP contribution in [0.25, 0.3) is 0 Å². The first-order chi connectivity index (χ1) is 10.2. The number of nitrogens with zero attached hydrogens (tertiary/aromatic N) is 4. The molecule has 1 aliphatic carbocycles. The Balaban J connectivity index is 1.70. The number of rotatable bonds is 1. The van der Waals surface area contributed by atoms with Gasteiger partial charge in [-0.05, 0) is 58.9 Å². The number of aryl methyl sites for hydroxylation is 2. The van der Waals surface area contributed by atoms with E-state index in [1.807, 2.05) is 0 Å². The van der Waals surface area contributed by atoms with Gasteiger partial charge in [-0.25, -0.2) is 9.97 Å². The molecule has 0 amide bonds. The minimum atomic E-state index is 0.569. The molecule has 0 spiro atoms. The Morgan fingerprint density at radius 2 is 1.90 bits per heavy atom. The fraction of sp³-hybridized carbons (Fsp3) is 0.765. The van der Waals surface area contributed by atoms with Crippen molar-refractivity contribution in [2.75, 3.05) is 24.5 Å². The van der Waals surface area contributed by atoms with Gasteiger partial charge in [0, 0.05) is 36.4 Å². The van der Waals surface area contributed by atoms with Gasteiger partial charge in [-0.2, -0.15) is 0 Å². The van der Waals surface area contributed by atoms with Crippen LogP contribution in [0.3, 0.4) is 0 Å². The molecular weight excluding hydrogens is 260 g/mol. The Kier molecular flexibility index (Phi) is 3.37. The van der Waals surface area contributed by atoms with E-state index < -0.39 is 0 Å². The molecule has 3 heterocycles. The molecule has 1 aromatic heterocycles. The Morgan fingerprint density at radius 1 is 1.05 bits per heavy atom. The average molecular weight is 286 g/mol. The summed E-state index contributed by atoms with van der Waals surface area (Å²) in [7, 11) is 0. The standard InChI is InChI=1S/C17H26N4/c1-12-10-20-9-5-6-14(20)11-21(12)17-15-7-3-4-8-16(15)18-13(2)19-17/h12,14H,3-11H2,1-2H3. The lowest BCUT2D eigenvalue weighted by Gasteiger charge is -2.44. The van der Waals surface area contributed by atoms with Crippen LogP contribution in [0.4, 0.5) is 5.82 Å². The Bertz CT molecular complexity index is 542. The lowest BCUT2D eigenvalue weighted by molar-refractivity contribution is 0.202. The molecule has 4 nitrogen and oxygen atoms in total. The number of piperazine rings is 1. The monoisotopic (exact) mass is 286 g/mol. The minimum absolute atomic E-state index is 0.569. The number of hydrogen-bond donors (Lipinski definition) is 0. The number of aromatic nitrogens is 2. The van der Waals surface area contributed by atoms with Gasteiger partial charge in [0.15, 0.2) is 0 Å². The van der Waals surface area contributed by atoms with Crippen LogP contribution in [0.2, 0.25) is 0 Å². The Hall–Kier alpha value is -1.16. The van der Waals surface area contributed by atoms with E-state index in [-0.39, 0.29) is 0 Å². The fourth-order valence-electron chi connectivity index (χ4n) is 4.41. The minimum Gasteiger partial charge on any atom is -0.351 e. The summed E-state index contributed by atoms with van der Waals surface area (Å²) in [4.78, 5) is 14.9. The molecule has 2 unspecified atom stereocenters. The summed E-state index contributed by atoms with van der Waals surface area (Å²) in [6, 6.07) is 1.32. The maximum atomic E-state index is 4.87. The summed E-state index contributed by atoms with van der Waals surface area (Å²) in [6.45, 7) is 8.06. The van der Waals surface area contributed by atoms with E-state index in [2.05, 4.69) is 23.6 Å². The van der Waals surface area contributed by atoms with E-state index in [1.165, 1.54) is 62.3 Å². The second kappa shape index (κ2) is 5.24. The molecule has 0 aromatic carbocycles. The number of fused-ring (bicyclic) bond motifs is 2. The second-order valence-electron chi connectivity index (χ2n) is 7.02. The highest BCUT2D eigenvalue weighted by Crippen LogP contribution is 2.33. The van der Waals surface area contributed by atoms with Crippen molar-refractivity contribution in [1.29, 1.82) is 0 Å². The molecule has 21 heavy (non-hydrogen) atoms. The highest BCUT2D eigenvalue weighted by Gasteiger charge is 2.36. The van der Waals surface area contributed by atoms with Crippen LogP contribution in [0, 0.1) is 6.92 Å². The molecule has 2 atom stereocenters. The molecule has 4 rings (SSSR count). The van der Waals surface area contributed by atoms with Crippen molar-refractivity contribution in [3.8, 4) is 0 Å². The summed E-state index contributed by atoms with van der Waals surface area (Å²) in [5, 5.41) is 0. The van der Waals surface area contributed by atoms with Gasteiger partial charge < -0.3 is 4.90 Å². The molecule has 0 radical (unpaired) electrons. The van der Waals surface area contributed by atoms with Crippen molar-refractivity contribution in [2.24, 2.45) is 0 Å². The van der Waals surface area contributed by atoms with E-state index in [0.717, 1.165) is 24.8 Å². The van der Waals surface area contributed by atoms with Crippen molar-refractivity contribution in [3.63, 3.8) is 0 Å². The third-order valence-corrected chi connectivity index (χ3v) is 5.48. The molecular formula is C17H26N4. The highest BCUT2D eigenvalue weighted by atomic mass is 15.3. The van der Waals surface area contributed by atoms with E-state index in [9.17, 15) is 0 Å². The van der Waals surface area contributed by atoms with Crippen LogP contribution in [0.5, 0.6) is 0 Å². The van der Waals surface area contributed by atoms with Crippen molar-refractivity contribution in [1.82, 2.24) is 14.9 Å². The zero-order valence-corrected chi connectivity index (χ0v) is 13.3. The van der Waals surface area contributed by atoms with Crippen LogP contribution >= 0.6 is 0 Å². The van der Waals surface area contributed by atoms with Crippen molar-refractivity contribution in [3.05, 3.63) is 17.1 Å². The fourth-order valence-corrected chi connectivity index (χ4v) is 4.41. The van der Waals surface area contributed by atoms with Gasteiger partial charge in [0.25, 0.3) is 0 Å².